The van der Waals surface area contributed by atoms with Crippen molar-refractivity contribution in [2.45, 2.75) is 31.6 Å². The SMILES string of the molecule is CCc1ccc(S(=O)(=O)Cl)c(CC)c1C#N. The van der Waals surface area contributed by atoms with Crippen LogP contribution in [0.2, 0.25) is 0 Å². The highest BCUT2D eigenvalue weighted by Crippen LogP contribution is 2.26. The zero-order valence-corrected chi connectivity index (χ0v) is 10.7. The van der Waals surface area contributed by atoms with Gasteiger partial charge < -0.3 is 0 Å². The Hall–Kier alpha value is -1.05. The molecule has 0 aromatic heterocycles. The second kappa shape index (κ2) is 4.86. The molecule has 0 bridgehead atoms. The highest BCUT2D eigenvalue weighted by atomic mass is 35.7. The van der Waals surface area contributed by atoms with Crippen LogP contribution in [0.3, 0.4) is 0 Å². The summed E-state index contributed by atoms with van der Waals surface area (Å²) >= 11 is 0. The van der Waals surface area contributed by atoms with Crippen LogP contribution < -0.4 is 0 Å². The van der Waals surface area contributed by atoms with E-state index in [1.807, 2.05) is 6.92 Å². The maximum absolute atomic E-state index is 11.3. The number of hydrogen-bond donors (Lipinski definition) is 0. The summed E-state index contributed by atoms with van der Waals surface area (Å²) in [5, 5.41) is 9.06. The molecular formula is C11H12ClNO2S. The summed E-state index contributed by atoms with van der Waals surface area (Å²) in [6.45, 7) is 3.73. The normalized spacial score (nSPS) is 11.1. The van der Waals surface area contributed by atoms with Gasteiger partial charge in [-0.15, -0.1) is 0 Å². The first kappa shape index (κ1) is 13.0. The molecule has 1 aromatic carbocycles. The van der Waals surface area contributed by atoms with E-state index in [1.165, 1.54) is 6.07 Å². The third-order valence-corrected chi connectivity index (χ3v) is 3.87. The molecule has 0 N–H and O–H groups in total. The van der Waals surface area contributed by atoms with E-state index in [4.69, 9.17) is 15.9 Å². The highest BCUT2D eigenvalue weighted by Gasteiger charge is 2.19. The van der Waals surface area contributed by atoms with Crippen molar-refractivity contribution in [1.82, 2.24) is 0 Å². The number of hydrogen-bond acceptors (Lipinski definition) is 3. The van der Waals surface area contributed by atoms with Crippen LogP contribution in [0, 0.1) is 11.3 Å². The van der Waals surface area contributed by atoms with Crippen molar-refractivity contribution in [2.24, 2.45) is 0 Å². The van der Waals surface area contributed by atoms with Crippen molar-refractivity contribution in [3.05, 3.63) is 28.8 Å². The molecule has 1 aromatic rings. The Morgan fingerprint density at radius 3 is 2.31 bits per heavy atom. The lowest BCUT2D eigenvalue weighted by atomic mass is 9.98. The van der Waals surface area contributed by atoms with Crippen molar-refractivity contribution >= 4 is 19.7 Å². The van der Waals surface area contributed by atoms with Gasteiger partial charge in [-0.2, -0.15) is 5.26 Å². The summed E-state index contributed by atoms with van der Waals surface area (Å²) in [7, 11) is 1.55. The Bertz CT molecular complexity index is 544. The van der Waals surface area contributed by atoms with Gasteiger partial charge in [-0.1, -0.05) is 19.9 Å². The van der Waals surface area contributed by atoms with E-state index in [2.05, 4.69) is 6.07 Å². The molecule has 0 aliphatic rings. The lowest BCUT2D eigenvalue weighted by Crippen LogP contribution is -2.03. The Balaban J connectivity index is 3.65. The van der Waals surface area contributed by atoms with Crippen LogP contribution in [-0.4, -0.2) is 8.42 Å². The topological polar surface area (TPSA) is 57.9 Å². The molecule has 0 aliphatic heterocycles. The van der Waals surface area contributed by atoms with Crippen LogP contribution >= 0.6 is 10.7 Å². The van der Waals surface area contributed by atoms with E-state index in [9.17, 15) is 8.42 Å². The van der Waals surface area contributed by atoms with Crippen molar-refractivity contribution < 1.29 is 8.42 Å². The Morgan fingerprint density at radius 2 is 1.94 bits per heavy atom. The highest BCUT2D eigenvalue weighted by molar-refractivity contribution is 8.13. The molecule has 0 heterocycles. The van der Waals surface area contributed by atoms with Gasteiger partial charge in [0, 0.05) is 10.7 Å². The molecule has 0 saturated heterocycles. The first-order valence-corrected chi connectivity index (χ1v) is 7.26. The molecule has 5 heteroatoms. The fourth-order valence-electron chi connectivity index (χ4n) is 1.69. The number of aryl methyl sites for hydroxylation is 1. The fraction of sp³-hybridized carbons (Fsp3) is 0.364. The van der Waals surface area contributed by atoms with Gasteiger partial charge in [0.25, 0.3) is 9.05 Å². The zero-order valence-electron chi connectivity index (χ0n) is 9.12. The van der Waals surface area contributed by atoms with E-state index < -0.39 is 9.05 Å². The Kier molecular flexibility index (Phi) is 3.95. The third-order valence-electron chi connectivity index (χ3n) is 2.47. The minimum Gasteiger partial charge on any atom is -0.207 e. The molecule has 0 amide bonds. The number of nitriles is 1. The van der Waals surface area contributed by atoms with E-state index in [0.29, 0.717) is 24.0 Å². The molecule has 86 valence electrons. The van der Waals surface area contributed by atoms with Crippen LogP contribution in [0.15, 0.2) is 17.0 Å². The number of nitrogens with zero attached hydrogens (tertiary/aromatic N) is 1. The largest absolute Gasteiger partial charge is 0.261 e. The lowest BCUT2D eigenvalue weighted by molar-refractivity contribution is 0.608. The molecule has 0 atom stereocenters. The standard InChI is InChI=1S/C11H12ClNO2S/c1-3-8-5-6-11(16(12,14)15)9(4-2)10(8)7-13/h5-6H,3-4H2,1-2H3. The zero-order chi connectivity index (χ0) is 12.3. The Morgan fingerprint density at radius 1 is 1.31 bits per heavy atom. The molecule has 1 rings (SSSR count). The van der Waals surface area contributed by atoms with Gasteiger partial charge in [0.1, 0.15) is 0 Å². The quantitative estimate of drug-likeness (QED) is 0.782. The van der Waals surface area contributed by atoms with Crippen LogP contribution in [0.4, 0.5) is 0 Å². The summed E-state index contributed by atoms with van der Waals surface area (Å²) in [6.07, 6.45) is 1.16. The summed E-state index contributed by atoms with van der Waals surface area (Å²) in [4.78, 5) is 0.0467. The molecule has 0 radical (unpaired) electrons. The monoisotopic (exact) mass is 257 g/mol. The van der Waals surface area contributed by atoms with Gasteiger partial charge >= 0.3 is 0 Å². The lowest BCUT2D eigenvalue weighted by Gasteiger charge is -2.10. The van der Waals surface area contributed by atoms with E-state index in [1.54, 1.807) is 13.0 Å². The van der Waals surface area contributed by atoms with Crippen LogP contribution in [0.1, 0.15) is 30.5 Å². The minimum atomic E-state index is -3.78. The fourth-order valence-corrected chi connectivity index (χ4v) is 2.90. The second-order valence-electron chi connectivity index (χ2n) is 3.33. The molecule has 0 spiro atoms. The summed E-state index contributed by atoms with van der Waals surface area (Å²) in [5.41, 5.74) is 1.80. The first-order chi connectivity index (χ1) is 7.45. The van der Waals surface area contributed by atoms with Crippen molar-refractivity contribution in [1.29, 1.82) is 5.26 Å². The summed E-state index contributed by atoms with van der Waals surface area (Å²) in [5.74, 6) is 0. The Labute approximate surface area is 100 Å². The smallest absolute Gasteiger partial charge is 0.207 e. The van der Waals surface area contributed by atoms with E-state index in [-0.39, 0.29) is 4.90 Å². The number of benzene rings is 1. The number of rotatable bonds is 3. The van der Waals surface area contributed by atoms with E-state index >= 15 is 0 Å². The first-order valence-electron chi connectivity index (χ1n) is 4.95. The van der Waals surface area contributed by atoms with Crippen LogP contribution in [0.25, 0.3) is 0 Å². The van der Waals surface area contributed by atoms with Crippen LogP contribution in [0.5, 0.6) is 0 Å². The molecule has 0 unspecified atom stereocenters. The maximum Gasteiger partial charge on any atom is 0.261 e. The van der Waals surface area contributed by atoms with Gasteiger partial charge in [0.2, 0.25) is 0 Å². The van der Waals surface area contributed by atoms with Crippen LogP contribution in [-0.2, 0) is 21.9 Å². The average Bonchev–Trinajstić information content (AvgIpc) is 2.25. The van der Waals surface area contributed by atoms with Crippen molar-refractivity contribution in [3.8, 4) is 6.07 Å². The van der Waals surface area contributed by atoms with Gasteiger partial charge in [-0.3, -0.25) is 0 Å². The van der Waals surface area contributed by atoms with Gasteiger partial charge in [-0.05, 0) is 30.0 Å². The number of halogens is 1. The molecule has 16 heavy (non-hydrogen) atoms. The third kappa shape index (κ3) is 2.37. The van der Waals surface area contributed by atoms with Gasteiger partial charge in [-0.25, -0.2) is 8.42 Å². The van der Waals surface area contributed by atoms with Crippen molar-refractivity contribution in [3.63, 3.8) is 0 Å². The van der Waals surface area contributed by atoms with Crippen molar-refractivity contribution in [2.75, 3.05) is 0 Å². The van der Waals surface area contributed by atoms with E-state index in [0.717, 1.165) is 5.56 Å². The predicted molar refractivity (Wildman–Crippen MR) is 63.0 cm³/mol. The van der Waals surface area contributed by atoms with Gasteiger partial charge in [0.15, 0.2) is 0 Å². The molecule has 0 saturated carbocycles. The maximum atomic E-state index is 11.3. The van der Waals surface area contributed by atoms with Gasteiger partial charge in [0.05, 0.1) is 16.5 Å². The molecule has 0 fully saturated rings. The summed E-state index contributed by atoms with van der Waals surface area (Å²) in [6, 6.07) is 5.17. The molecule has 3 nitrogen and oxygen atoms in total. The predicted octanol–water partition coefficient (Wildman–Crippen LogP) is 2.61. The average molecular weight is 258 g/mol. The molecule has 0 aliphatic carbocycles. The molecular weight excluding hydrogens is 246 g/mol. The second-order valence-corrected chi connectivity index (χ2v) is 5.87. The minimum absolute atomic E-state index is 0.0467. The summed E-state index contributed by atoms with van der Waals surface area (Å²) < 4.78 is 22.7.